The van der Waals surface area contributed by atoms with Gasteiger partial charge in [-0.15, -0.1) is 11.3 Å². The van der Waals surface area contributed by atoms with Gasteiger partial charge in [0.05, 0.1) is 5.75 Å². The van der Waals surface area contributed by atoms with Crippen LogP contribution in [0.25, 0.3) is 0 Å². The second-order valence-electron chi connectivity index (χ2n) is 3.26. The van der Waals surface area contributed by atoms with E-state index < -0.39 is 10.0 Å². The molecule has 0 bridgehead atoms. The summed E-state index contributed by atoms with van der Waals surface area (Å²) >= 11 is 1.61. The standard InChI is InChI=1S/C9H16N2O2S2/c1-8-3-4-9(14-8)7-11-15(12,13)6-5-10-2/h3-4,10-11H,5-7H2,1-2H3. The van der Waals surface area contributed by atoms with Crippen LogP contribution in [-0.2, 0) is 16.6 Å². The van der Waals surface area contributed by atoms with E-state index in [4.69, 9.17) is 0 Å². The van der Waals surface area contributed by atoms with Gasteiger partial charge in [-0.05, 0) is 26.1 Å². The zero-order valence-electron chi connectivity index (χ0n) is 8.91. The van der Waals surface area contributed by atoms with Crippen molar-refractivity contribution >= 4 is 21.4 Å². The predicted molar refractivity (Wildman–Crippen MR) is 63.6 cm³/mol. The SMILES string of the molecule is CNCCS(=O)(=O)NCc1ccc(C)s1. The van der Waals surface area contributed by atoms with Gasteiger partial charge in [0.15, 0.2) is 0 Å². The predicted octanol–water partition coefficient (Wildman–Crippen LogP) is 0.695. The molecule has 0 aliphatic rings. The van der Waals surface area contributed by atoms with Gasteiger partial charge < -0.3 is 5.32 Å². The van der Waals surface area contributed by atoms with Crippen molar-refractivity contribution in [3.63, 3.8) is 0 Å². The van der Waals surface area contributed by atoms with Crippen LogP contribution < -0.4 is 10.0 Å². The van der Waals surface area contributed by atoms with Gasteiger partial charge in [-0.3, -0.25) is 0 Å². The average molecular weight is 248 g/mol. The summed E-state index contributed by atoms with van der Waals surface area (Å²) in [7, 11) is -1.40. The highest BCUT2D eigenvalue weighted by Crippen LogP contribution is 2.14. The summed E-state index contributed by atoms with van der Waals surface area (Å²) in [5.41, 5.74) is 0. The van der Waals surface area contributed by atoms with E-state index in [9.17, 15) is 8.42 Å². The molecule has 86 valence electrons. The van der Waals surface area contributed by atoms with Crippen molar-refractivity contribution in [3.8, 4) is 0 Å². The Morgan fingerprint density at radius 2 is 2.13 bits per heavy atom. The Bertz CT molecular complexity index is 398. The molecule has 0 atom stereocenters. The maximum absolute atomic E-state index is 11.4. The lowest BCUT2D eigenvalue weighted by Crippen LogP contribution is -2.30. The van der Waals surface area contributed by atoms with Crippen molar-refractivity contribution in [2.75, 3.05) is 19.3 Å². The molecule has 0 radical (unpaired) electrons. The van der Waals surface area contributed by atoms with Gasteiger partial charge >= 0.3 is 0 Å². The van der Waals surface area contributed by atoms with Crippen molar-refractivity contribution in [2.45, 2.75) is 13.5 Å². The summed E-state index contributed by atoms with van der Waals surface area (Å²) in [5.74, 6) is 0.119. The normalized spacial score (nSPS) is 11.9. The number of sulfonamides is 1. The van der Waals surface area contributed by atoms with Crippen LogP contribution in [-0.4, -0.2) is 27.8 Å². The molecule has 1 aromatic rings. The molecule has 0 unspecified atom stereocenters. The van der Waals surface area contributed by atoms with E-state index >= 15 is 0 Å². The van der Waals surface area contributed by atoms with Crippen molar-refractivity contribution in [1.82, 2.24) is 10.0 Å². The van der Waals surface area contributed by atoms with Gasteiger partial charge in [0.1, 0.15) is 0 Å². The third-order valence-electron chi connectivity index (χ3n) is 1.88. The van der Waals surface area contributed by atoms with E-state index in [1.165, 1.54) is 4.88 Å². The number of rotatable bonds is 6. The van der Waals surface area contributed by atoms with Crippen LogP contribution in [0.15, 0.2) is 12.1 Å². The van der Waals surface area contributed by atoms with Gasteiger partial charge in [-0.25, -0.2) is 13.1 Å². The van der Waals surface area contributed by atoms with Gasteiger partial charge in [0.25, 0.3) is 0 Å². The Kier molecular flexibility index (Phi) is 4.72. The smallest absolute Gasteiger partial charge is 0.213 e. The van der Waals surface area contributed by atoms with Gasteiger partial charge in [0, 0.05) is 22.8 Å². The van der Waals surface area contributed by atoms with E-state index in [1.54, 1.807) is 18.4 Å². The Morgan fingerprint density at radius 1 is 1.40 bits per heavy atom. The minimum atomic E-state index is -3.14. The Labute approximate surface area is 94.8 Å². The molecule has 0 spiro atoms. The second-order valence-corrected chi connectivity index (χ2v) is 6.55. The summed E-state index contributed by atoms with van der Waals surface area (Å²) < 4.78 is 25.4. The van der Waals surface area contributed by atoms with Crippen LogP contribution in [0.2, 0.25) is 0 Å². The van der Waals surface area contributed by atoms with Crippen LogP contribution >= 0.6 is 11.3 Å². The molecule has 4 nitrogen and oxygen atoms in total. The quantitative estimate of drug-likeness (QED) is 0.779. The molecular formula is C9H16N2O2S2. The van der Waals surface area contributed by atoms with E-state index in [0.29, 0.717) is 13.1 Å². The summed E-state index contributed by atoms with van der Waals surface area (Å²) in [6.45, 7) is 2.87. The number of thiophene rings is 1. The Balaban J connectivity index is 2.42. The molecule has 0 amide bonds. The zero-order chi connectivity index (χ0) is 11.3. The first kappa shape index (κ1) is 12.6. The minimum absolute atomic E-state index is 0.119. The minimum Gasteiger partial charge on any atom is -0.319 e. The molecule has 1 heterocycles. The molecule has 0 aliphatic heterocycles. The molecule has 1 rings (SSSR count). The van der Waals surface area contributed by atoms with E-state index in [-0.39, 0.29) is 5.75 Å². The third-order valence-corrected chi connectivity index (χ3v) is 4.21. The summed E-state index contributed by atoms with van der Waals surface area (Å²) in [5, 5.41) is 2.81. The van der Waals surface area contributed by atoms with E-state index in [0.717, 1.165) is 4.88 Å². The van der Waals surface area contributed by atoms with Gasteiger partial charge in [-0.2, -0.15) is 0 Å². The lowest BCUT2D eigenvalue weighted by molar-refractivity contribution is 0.579. The van der Waals surface area contributed by atoms with E-state index in [1.807, 2.05) is 19.1 Å². The first-order valence-electron chi connectivity index (χ1n) is 4.71. The number of nitrogens with one attached hydrogen (secondary N) is 2. The Morgan fingerprint density at radius 3 is 2.67 bits per heavy atom. The second kappa shape index (κ2) is 5.60. The molecule has 0 saturated carbocycles. The lowest BCUT2D eigenvalue weighted by Gasteiger charge is -2.04. The molecule has 0 aliphatic carbocycles. The van der Waals surface area contributed by atoms with Crippen LogP contribution in [0.1, 0.15) is 9.75 Å². The topological polar surface area (TPSA) is 58.2 Å². The zero-order valence-corrected chi connectivity index (χ0v) is 10.5. The average Bonchev–Trinajstić information content (AvgIpc) is 2.59. The van der Waals surface area contributed by atoms with Gasteiger partial charge in [-0.1, -0.05) is 0 Å². The molecule has 0 aromatic carbocycles. The maximum Gasteiger partial charge on any atom is 0.213 e. The highest BCUT2D eigenvalue weighted by Gasteiger charge is 2.09. The molecule has 0 saturated heterocycles. The fourth-order valence-corrected chi connectivity index (χ4v) is 2.98. The number of aryl methyl sites for hydroxylation is 1. The summed E-state index contributed by atoms with van der Waals surface area (Å²) in [4.78, 5) is 2.24. The Hall–Kier alpha value is -0.430. The number of hydrogen-bond acceptors (Lipinski definition) is 4. The molecule has 6 heteroatoms. The van der Waals surface area contributed by atoms with Crippen molar-refractivity contribution in [1.29, 1.82) is 0 Å². The molecule has 15 heavy (non-hydrogen) atoms. The molecule has 1 aromatic heterocycles. The van der Waals surface area contributed by atoms with Crippen LogP contribution in [0, 0.1) is 6.92 Å². The molecule has 0 fully saturated rings. The van der Waals surface area contributed by atoms with Crippen LogP contribution in [0.4, 0.5) is 0 Å². The molecule has 2 N–H and O–H groups in total. The monoisotopic (exact) mass is 248 g/mol. The van der Waals surface area contributed by atoms with Crippen molar-refractivity contribution in [3.05, 3.63) is 21.9 Å². The van der Waals surface area contributed by atoms with Gasteiger partial charge in [0.2, 0.25) is 10.0 Å². The third kappa shape index (κ3) is 4.74. The fourth-order valence-electron chi connectivity index (χ4n) is 1.07. The van der Waals surface area contributed by atoms with Crippen molar-refractivity contribution in [2.24, 2.45) is 0 Å². The largest absolute Gasteiger partial charge is 0.319 e. The first-order chi connectivity index (χ1) is 7.03. The van der Waals surface area contributed by atoms with E-state index in [2.05, 4.69) is 10.0 Å². The lowest BCUT2D eigenvalue weighted by atomic mass is 10.4. The summed E-state index contributed by atoms with van der Waals surface area (Å²) in [6, 6.07) is 3.93. The van der Waals surface area contributed by atoms with Crippen molar-refractivity contribution < 1.29 is 8.42 Å². The molecular weight excluding hydrogens is 232 g/mol. The highest BCUT2D eigenvalue weighted by molar-refractivity contribution is 7.89. The van der Waals surface area contributed by atoms with Crippen LogP contribution in [0.3, 0.4) is 0 Å². The highest BCUT2D eigenvalue weighted by atomic mass is 32.2. The maximum atomic E-state index is 11.4. The number of hydrogen-bond donors (Lipinski definition) is 2. The fraction of sp³-hybridized carbons (Fsp3) is 0.556. The first-order valence-corrected chi connectivity index (χ1v) is 7.17. The summed E-state index contributed by atoms with van der Waals surface area (Å²) in [6.07, 6.45) is 0. The van der Waals surface area contributed by atoms with Crippen LogP contribution in [0.5, 0.6) is 0 Å².